The Morgan fingerprint density at radius 1 is 1.73 bits per heavy atom. The minimum Gasteiger partial charge on any atom is -0.336 e. The van der Waals surface area contributed by atoms with E-state index in [0.29, 0.717) is 0 Å². The topological polar surface area (TPSA) is 46.9 Å². The molecule has 1 fully saturated rings. The molecule has 82 valence electrons. The van der Waals surface area contributed by atoms with Crippen LogP contribution in [0.15, 0.2) is 18.7 Å². The van der Waals surface area contributed by atoms with Crippen molar-refractivity contribution >= 4 is 17.8 Å². The molecule has 2 heterocycles. The van der Waals surface area contributed by atoms with Gasteiger partial charge in [-0.25, -0.2) is 9.78 Å². The Morgan fingerprint density at radius 3 is 3.20 bits per heavy atom. The zero-order valence-electron chi connectivity index (χ0n) is 8.77. The van der Waals surface area contributed by atoms with Crippen LogP contribution in [0.25, 0.3) is 0 Å². The average Bonchev–Trinajstić information content (AvgIpc) is 2.85. The van der Waals surface area contributed by atoms with Gasteiger partial charge < -0.3 is 5.32 Å². The number of carbonyl (C=O) groups excluding carboxylic acids is 1. The van der Waals surface area contributed by atoms with Gasteiger partial charge in [-0.2, -0.15) is 11.8 Å². The molecule has 4 nitrogen and oxygen atoms in total. The van der Waals surface area contributed by atoms with Gasteiger partial charge in [-0.05, 0) is 25.5 Å². The summed E-state index contributed by atoms with van der Waals surface area (Å²) >= 11 is 1.94. The predicted molar refractivity (Wildman–Crippen MR) is 61.1 cm³/mol. The molecule has 1 amide bonds. The minimum absolute atomic E-state index is 0.0961. The highest BCUT2D eigenvalue weighted by Crippen LogP contribution is 2.36. The Hall–Kier alpha value is -0.970. The van der Waals surface area contributed by atoms with Crippen molar-refractivity contribution in [2.45, 2.75) is 24.5 Å². The molecule has 15 heavy (non-hydrogen) atoms. The third-order valence-electron chi connectivity index (χ3n) is 2.65. The molecule has 0 aromatic carbocycles. The number of nitrogens with zero attached hydrogens (tertiary/aromatic N) is 2. The van der Waals surface area contributed by atoms with Crippen molar-refractivity contribution in [3.8, 4) is 0 Å². The molecule has 0 saturated carbocycles. The third kappa shape index (κ3) is 2.53. The third-order valence-corrected chi connectivity index (χ3v) is 4.19. The molecule has 1 atom stereocenters. The van der Waals surface area contributed by atoms with Gasteiger partial charge in [0.25, 0.3) is 0 Å². The van der Waals surface area contributed by atoms with Crippen molar-refractivity contribution in [1.29, 1.82) is 0 Å². The van der Waals surface area contributed by atoms with Crippen LogP contribution in [0.5, 0.6) is 0 Å². The molecule has 0 spiro atoms. The first kappa shape index (κ1) is 10.5. The molecule has 5 heteroatoms. The molecule has 1 aromatic rings. The van der Waals surface area contributed by atoms with E-state index in [0.717, 1.165) is 6.54 Å². The second-order valence-electron chi connectivity index (χ2n) is 4.03. The Kier molecular flexibility index (Phi) is 3.00. The van der Waals surface area contributed by atoms with Crippen molar-refractivity contribution in [3.63, 3.8) is 0 Å². The maximum Gasteiger partial charge on any atom is 0.326 e. The molecular formula is C10H15N3OS. The van der Waals surface area contributed by atoms with Crippen molar-refractivity contribution in [2.75, 3.05) is 12.3 Å². The summed E-state index contributed by atoms with van der Waals surface area (Å²) < 4.78 is 1.68. The lowest BCUT2D eigenvalue weighted by Gasteiger charge is -2.22. The van der Waals surface area contributed by atoms with Crippen LogP contribution in [-0.2, 0) is 0 Å². The van der Waals surface area contributed by atoms with Gasteiger partial charge in [-0.15, -0.1) is 0 Å². The summed E-state index contributed by atoms with van der Waals surface area (Å²) in [6, 6.07) is -0.0961. The summed E-state index contributed by atoms with van der Waals surface area (Å²) in [5.41, 5.74) is 0. The summed E-state index contributed by atoms with van der Waals surface area (Å²) in [5, 5.41) is 2.93. The molecule has 0 aliphatic carbocycles. The van der Waals surface area contributed by atoms with Crippen molar-refractivity contribution in [3.05, 3.63) is 18.7 Å². The normalized spacial score (nSPS) is 25.4. The molecular weight excluding hydrogens is 210 g/mol. The first-order valence-electron chi connectivity index (χ1n) is 5.10. The number of nitrogens with one attached hydrogen (secondary N) is 1. The molecule has 0 bridgehead atoms. The molecule has 0 radical (unpaired) electrons. The number of hydrogen-bond donors (Lipinski definition) is 1. The quantitative estimate of drug-likeness (QED) is 0.833. The average molecular weight is 225 g/mol. The van der Waals surface area contributed by atoms with Crippen LogP contribution in [-0.4, -0.2) is 32.6 Å². The highest BCUT2D eigenvalue weighted by atomic mass is 32.2. The Balaban J connectivity index is 1.85. The summed E-state index contributed by atoms with van der Waals surface area (Å²) in [6.07, 6.45) is 7.20. The summed E-state index contributed by atoms with van der Waals surface area (Å²) in [5.74, 6) is 1.21. The van der Waals surface area contributed by atoms with Gasteiger partial charge in [0.05, 0.1) is 0 Å². The van der Waals surface area contributed by atoms with Gasteiger partial charge >= 0.3 is 6.03 Å². The van der Waals surface area contributed by atoms with E-state index in [1.54, 1.807) is 12.4 Å². The van der Waals surface area contributed by atoms with Crippen LogP contribution >= 0.6 is 11.8 Å². The standard InChI is InChI=1S/C10H15N3OS/c1-10(3-2-6-15-10)7-12-9(14)13-5-4-11-8-13/h4-5,8H,2-3,6-7H2,1H3,(H,12,14). The molecule has 1 N–H and O–H groups in total. The summed E-state index contributed by atoms with van der Waals surface area (Å²) in [6.45, 7) is 2.94. The van der Waals surface area contributed by atoms with Crippen LogP contribution in [0.4, 0.5) is 4.79 Å². The Morgan fingerprint density at radius 2 is 2.60 bits per heavy atom. The van der Waals surface area contributed by atoms with E-state index in [-0.39, 0.29) is 10.8 Å². The number of aromatic nitrogens is 2. The maximum absolute atomic E-state index is 11.6. The number of thioether (sulfide) groups is 1. The van der Waals surface area contributed by atoms with E-state index in [1.165, 1.54) is 29.5 Å². The fourth-order valence-electron chi connectivity index (χ4n) is 1.71. The first-order valence-corrected chi connectivity index (χ1v) is 6.08. The van der Waals surface area contributed by atoms with Crippen LogP contribution in [0.1, 0.15) is 19.8 Å². The van der Waals surface area contributed by atoms with Gasteiger partial charge in [0, 0.05) is 23.7 Å². The van der Waals surface area contributed by atoms with Gasteiger partial charge in [-0.3, -0.25) is 4.57 Å². The van der Waals surface area contributed by atoms with E-state index in [4.69, 9.17) is 0 Å². The fraction of sp³-hybridized carbons (Fsp3) is 0.600. The van der Waals surface area contributed by atoms with E-state index >= 15 is 0 Å². The number of imidazole rings is 1. The highest BCUT2D eigenvalue weighted by molar-refractivity contribution is 8.00. The zero-order valence-corrected chi connectivity index (χ0v) is 9.59. The van der Waals surface area contributed by atoms with Crippen LogP contribution in [0, 0.1) is 0 Å². The van der Waals surface area contributed by atoms with Crippen molar-refractivity contribution in [1.82, 2.24) is 14.9 Å². The second-order valence-corrected chi connectivity index (χ2v) is 5.71. The highest BCUT2D eigenvalue weighted by Gasteiger charge is 2.29. The van der Waals surface area contributed by atoms with E-state index < -0.39 is 0 Å². The van der Waals surface area contributed by atoms with E-state index in [1.807, 2.05) is 11.8 Å². The summed E-state index contributed by atoms with van der Waals surface area (Å²) in [4.78, 5) is 15.4. The molecule has 1 aliphatic heterocycles. The SMILES string of the molecule is CC1(CNC(=O)n2ccnc2)CCCS1. The lowest BCUT2D eigenvalue weighted by molar-refractivity contribution is 0.241. The zero-order chi connectivity index (χ0) is 10.7. The maximum atomic E-state index is 11.6. The lowest BCUT2D eigenvalue weighted by Crippen LogP contribution is -2.38. The molecule has 1 aliphatic rings. The van der Waals surface area contributed by atoms with Crippen LogP contribution in [0.2, 0.25) is 0 Å². The Bertz CT molecular complexity index is 330. The van der Waals surface area contributed by atoms with Gasteiger partial charge in [0.15, 0.2) is 0 Å². The van der Waals surface area contributed by atoms with Gasteiger partial charge in [-0.1, -0.05) is 0 Å². The molecule has 2 rings (SSSR count). The minimum atomic E-state index is -0.0961. The number of hydrogen-bond acceptors (Lipinski definition) is 3. The largest absolute Gasteiger partial charge is 0.336 e. The van der Waals surface area contributed by atoms with Crippen LogP contribution < -0.4 is 5.32 Å². The van der Waals surface area contributed by atoms with Gasteiger partial charge in [0.2, 0.25) is 0 Å². The van der Waals surface area contributed by atoms with Crippen molar-refractivity contribution in [2.24, 2.45) is 0 Å². The number of rotatable bonds is 2. The molecule has 1 aromatic heterocycles. The van der Waals surface area contributed by atoms with Crippen LogP contribution in [0.3, 0.4) is 0 Å². The predicted octanol–water partition coefficient (Wildman–Crippen LogP) is 1.73. The Labute approximate surface area is 93.5 Å². The van der Waals surface area contributed by atoms with E-state index in [2.05, 4.69) is 17.2 Å². The fourth-order valence-corrected chi connectivity index (χ4v) is 2.95. The first-order chi connectivity index (χ1) is 7.20. The molecule has 1 unspecified atom stereocenters. The monoisotopic (exact) mass is 225 g/mol. The number of amides is 1. The van der Waals surface area contributed by atoms with E-state index in [9.17, 15) is 4.79 Å². The van der Waals surface area contributed by atoms with Gasteiger partial charge in [0.1, 0.15) is 6.33 Å². The molecule has 1 saturated heterocycles. The smallest absolute Gasteiger partial charge is 0.326 e. The number of carbonyl (C=O) groups is 1. The van der Waals surface area contributed by atoms with Crippen molar-refractivity contribution < 1.29 is 4.79 Å². The summed E-state index contributed by atoms with van der Waals surface area (Å²) in [7, 11) is 0. The second kappa shape index (κ2) is 4.26. The lowest BCUT2D eigenvalue weighted by atomic mass is 10.1.